The maximum atomic E-state index is 11.3. The molecule has 30 heavy (non-hydrogen) atoms. The van der Waals surface area contributed by atoms with Gasteiger partial charge in [0.2, 0.25) is 0 Å². The van der Waals surface area contributed by atoms with Crippen molar-refractivity contribution >= 4 is 0 Å². The molecule has 0 aromatic carbocycles. The number of hydrogen-bond donors (Lipinski definition) is 3. The summed E-state index contributed by atoms with van der Waals surface area (Å²) >= 11 is 0. The van der Waals surface area contributed by atoms with Crippen molar-refractivity contribution in [3.63, 3.8) is 0 Å². The van der Waals surface area contributed by atoms with E-state index in [0.717, 1.165) is 49.6 Å². The van der Waals surface area contributed by atoms with Crippen LogP contribution in [0.1, 0.15) is 91.4 Å². The highest BCUT2D eigenvalue weighted by atomic mass is 16.3. The topological polar surface area (TPSA) is 52.5 Å². The molecule has 172 valence electrons. The average Bonchev–Trinajstić information content (AvgIpc) is 3.11. The Hall–Kier alpha value is -0.120. The second-order valence-corrected chi connectivity index (χ2v) is 12.8. The SMILES string of the molecule is CC([C@H](O)C1CCCNC1)[C@H]1CCC2C3CCC4C[C@@H](O)CC[C@]4(C)C3CC[C@@]21C. The van der Waals surface area contributed by atoms with Gasteiger partial charge < -0.3 is 15.5 Å². The zero-order chi connectivity index (χ0) is 21.1. The first-order valence-electron chi connectivity index (χ1n) is 13.4. The van der Waals surface area contributed by atoms with Crippen LogP contribution < -0.4 is 5.32 Å². The van der Waals surface area contributed by atoms with Crippen molar-refractivity contribution in [2.45, 2.75) is 104 Å². The zero-order valence-electron chi connectivity index (χ0n) is 19.8. The van der Waals surface area contributed by atoms with Crippen molar-refractivity contribution in [3.05, 3.63) is 0 Å². The predicted octanol–water partition coefficient (Wildman–Crippen LogP) is 5.00. The summed E-state index contributed by atoms with van der Waals surface area (Å²) in [6, 6.07) is 0. The van der Waals surface area contributed by atoms with Gasteiger partial charge in [-0.15, -0.1) is 0 Å². The molecule has 11 atom stereocenters. The molecule has 3 nitrogen and oxygen atoms in total. The fourth-order valence-corrected chi connectivity index (χ4v) is 9.98. The molecule has 0 aromatic heterocycles. The van der Waals surface area contributed by atoms with E-state index in [1.807, 2.05) is 0 Å². The summed E-state index contributed by atoms with van der Waals surface area (Å²) < 4.78 is 0. The minimum atomic E-state index is -0.135. The maximum Gasteiger partial charge on any atom is 0.0608 e. The standard InChI is InChI=1S/C27H47NO2/c1-17(25(30)18-5-4-14-28-16-18)22-8-9-23-21-7-6-19-15-20(29)10-12-26(19,2)24(21)11-13-27(22,23)3/h17-25,28-30H,4-16H2,1-3H3/t17?,18?,19?,20-,21?,22+,23?,24?,25-,26-,27+/m0/s1. The Morgan fingerprint density at radius 3 is 2.43 bits per heavy atom. The second-order valence-electron chi connectivity index (χ2n) is 12.8. The highest BCUT2D eigenvalue weighted by molar-refractivity contribution is 5.10. The molecule has 3 N–H and O–H groups in total. The van der Waals surface area contributed by atoms with Crippen LogP contribution in [0.4, 0.5) is 0 Å². The van der Waals surface area contributed by atoms with Gasteiger partial charge in [0.25, 0.3) is 0 Å². The van der Waals surface area contributed by atoms with Gasteiger partial charge in [-0.3, -0.25) is 0 Å². The van der Waals surface area contributed by atoms with Gasteiger partial charge in [-0.25, -0.2) is 0 Å². The highest BCUT2D eigenvalue weighted by Gasteiger charge is 2.61. The minimum Gasteiger partial charge on any atom is -0.393 e. The summed E-state index contributed by atoms with van der Waals surface area (Å²) in [4.78, 5) is 0. The molecule has 3 heteroatoms. The third-order valence-electron chi connectivity index (χ3n) is 11.7. The van der Waals surface area contributed by atoms with Gasteiger partial charge in [0.05, 0.1) is 12.2 Å². The molecular weight excluding hydrogens is 370 g/mol. The van der Waals surface area contributed by atoms with Crippen LogP contribution in [0.25, 0.3) is 0 Å². The lowest BCUT2D eigenvalue weighted by Gasteiger charge is -2.61. The molecule has 4 saturated carbocycles. The van der Waals surface area contributed by atoms with E-state index in [0.29, 0.717) is 28.6 Å². The van der Waals surface area contributed by atoms with Crippen LogP contribution >= 0.6 is 0 Å². The highest BCUT2D eigenvalue weighted by Crippen LogP contribution is 2.68. The van der Waals surface area contributed by atoms with Crippen molar-refractivity contribution in [3.8, 4) is 0 Å². The van der Waals surface area contributed by atoms with Crippen LogP contribution in [-0.2, 0) is 0 Å². The van der Waals surface area contributed by atoms with Crippen LogP contribution in [0.3, 0.4) is 0 Å². The van der Waals surface area contributed by atoms with Gasteiger partial charge >= 0.3 is 0 Å². The van der Waals surface area contributed by atoms with E-state index in [1.54, 1.807) is 0 Å². The van der Waals surface area contributed by atoms with Gasteiger partial charge in [-0.2, -0.15) is 0 Å². The number of rotatable bonds is 3. The third-order valence-corrected chi connectivity index (χ3v) is 11.7. The smallest absolute Gasteiger partial charge is 0.0608 e. The lowest BCUT2D eigenvalue weighted by molar-refractivity contribution is -0.133. The van der Waals surface area contributed by atoms with Gasteiger partial charge in [-0.05, 0) is 129 Å². The average molecular weight is 418 g/mol. The van der Waals surface area contributed by atoms with E-state index in [2.05, 4.69) is 26.1 Å². The van der Waals surface area contributed by atoms with Crippen molar-refractivity contribution in [2.75, 3.05) is 13.1 Å². The fourth-order valence-electron chi connectivity index (χ4n) is 9.98. The Kier molecular flexibility index (Phi) is 5.81. The molecular formula is C27H47NO2. The fraction of sp³-hybridized carbons (Fsp3) is 1.00. The second kappa shape index (κ2) is 8.03. The molecule has 1 heterocycles. The van der Waals surface area contributed by atoms with Crippen molar-refractivity contribution < 1.29 is 10.2 Å². The zero-order valence-corrected chi connectivity index (χ0v) is 19.8. The Balaban J connectivity index is 1.33. The summed E-state index contributed by atoms with van der Waals surface area (Å²) in [7, 11) is 0. The largest absolute Gasteiger partial charge is 0.393 e. The van der Waals surface area contributed by atoms with Crippen LogP contribution in [0.5, 0.6) is 0 Å². The lowest BCUT2D eigenvalue weighted by Crippen LogP contribution is -2.54. The molecule has 5 fully saturated rings. The van der Waals surface area contributed by atoms with Crippen molar-refractivity contribution in [2.24, 2.45) is 52.3 Å². The summed E-state index contributed by atoms with van der Waals surface area (Å²) in [5, 5.41) is 25.1. The quantitative estimate of drug-likeness (QED) is 0.605. The third kappa shape index (κ3) is 3.32. The molecule has 4 aliphatic carbocycles. The van der Waals surface area contributed by atoms with E-state index in [-0.39, 0.29) is 12.2 Å². The molecule has 1 aliphatic heterocycles. The molecule has 0 bridgehead atoms. The molecule has 0 radical (unpaired) electrons. The van der Waals surface area contributed by atoms with Gasteiger partial charge in [0.1, 0.15) is 0 Å². The van der Waals surface area contributed by atoms with Gasteiger partial charge in [-0.1, -0.05) is 20.8 Å². The number of fused-ring (bicyclic) bond motifs is 5. The Labute approximate surface area is 184 Å². The summed E-state index contributed by atoms with van der Waals surface area (Å²) in [5.74, 6) is 4.97. The van der Waals surface area contributed by atoms with Crippen LogP contribution in [0, 0.1) is 52.3 Å². The number of piperidine rings is 1. The molecule has 6 unspecified atom stereocenters. The predicted molar refractivity (Wildman–Crippen MR) is 122 cm³/mol. The van der Waals surface area contributed by atoms with Crippen LogP contribution in [0.15, 0.2) is 0 Å². The van der Waals surface area contributed by atoms with Gasteiger partial charge in [0.15, 0.2) is 0 Å². The lowest BCUT2D eigenvalue weighted by atomic mass is 9.44. The van der Waals surface area contributed by atoms with E-state index in [4.69, 9.17) is 0 Å². The maximum absolute atomic E-state index is 11.3. The summed E-state index contributed by atoms with van der Waals surface area (Å²) in [6.45, 7) is 9.73. The molecule has 5 aliphatic rings. The van der Waals surface area contributed by atoms with Crippen LogP contribution in [-0.4, -0.2) is 35.5 Å². The number of hydrogen-bond acceptors (Lipinski definition) is 3. The molecule has 0 amide bonds. The molecule has 0 spiro atoms. The van der Waals surface area contributed by atoms with E-state index >= 15 is 0 Å². The molecule has 1 saturated heterocycles. The van der Waals surface area contributed by atoms with Crippen molar-refractivity contribution in [1.82, 2.24) is 5.32 Å². The number of aliphatic hydroxyl groups is 2. The van der Waals surface area contributed by atoms with E-state index < -0.39 is 0 Å². The number of nitrogens with one attached hydrogen (secondary N) is 1. The minimum absolute atomic E-state index is 0.0408. The first-order valence-corrected chi connectivity index (χ1v) is 13.4. The summed E-state index contributed by atoms with van der Waals surface area (Å²) in [6.07, 6.45) is 13.8. The van der Waals surface area contributed by atoms with Crippen molar-refractivity contribution in [1.29, 1.82) is 0 Å². The normalized spacial score (nSPS) is 53.3. The van der Waals surface area contributed by atoms with E-state index in [1.165, 1.54) is 57.8 Å². The van der Waals surface area contributed by atoms with E-state index in [9.17, 15) is 10.2 Å². The Morgan fingerprint density at radius 1 is 0.900 bits per heavy atom. The monoisotopic (exact) mass is 417 g/mol. The first kappa shape index (κ1) is 21.7. The first-order chi connectivity index (χ1) is 14.3. The summed E-state index contributed by atoms with van der Waals surface area (Å²) in [5.41, 5.74) is 0.904. The Bertz CT molecular complexity index is 618. The van der Waals surface area contributed by atoms with Crippen LogP contribution in [0.2, 0.25) is 0 Å². The number of aliphatic hydroxyl groups excluding tert-OH is 2. The van der Waals surface area contributed by atoms with Gasteiger partial charge in [0, 0.05) is 6.54 Å². The Morgan fingerprint density at radius 2 is 1.67 bits per heavy atom. The molecule has 5 rings (SSSR count). The molecule has 0 aromatic rings.